The van der Waals surface area contributed by atoms with E-state index in [-0.39, 0.29) is 11.7 Å². The monoisotopic (exact) mass is 242 g/mol. The van der Waals surface area contributed by atoms with Gasteiger partial charge in [-0.1, -0.05) is 11.3 Å². The zero-order chi connectivity index (χ0) is 10.7. The summed E-state index contributed by atoms with van der Waals surface area (Å²) in [4.78, 5) is 11.5. The van der Waals surface area contributed by atoms with E-state index in [0.717, 1.165) is 16.8 Å². The molecule has 0 unspecified atom stereocenters. The van der Waals surface area contributed by atoms with E-state index in [1.807, 2.05) is 6.92 Å². The van der Waals surface area contributed by atoms with Gasteiger partial charge < -0.3 is 0 Å². The highest BCUT2D eigenvalue weighted by Gasteiger charge is 2.10. The van der Waals surface area contributed by atoms with E-state index in [0.29, 0.717) is 4.34 Å². The number of tetrazole rings is 1. The molecule has 2 heterocycles. The predicted octanol–water partition coefficient (Wildman–Crippen LogP) is 0.152. The molecule has 0 amide bonds. The van der Waals surface area contributed by atoms with Gasteiger partial charge in [-0.05, 0) is 29.1 Å². The maximum absolute atomic E-state index is 11.5. The largest absolute Gasteiger partial charge is 0.285 e. The lowest BCUT2D eigenvalue weighted by atomic mass is 10.7. The molecule has 0 saturated heterocycles. The Hall–Kier alpha value is -1.35. The molecule has 2 aromatic rings. The summed E-state index contributed by atoms with van der Waals surface area (Å²) < 4.78 is 2.01. The number of hydrogen-bond acceptors (Lipinski definition) is 8. The van der Waals surface area contributed by atoms with Crippen LogP contribution in [0.25, 0.3) is 0 Å². The number of carbonyl (C=O) groups is 1. The average molecular weight is 242 g/mol. The van der Waals surface area contributed by atoms with Crippen LogP contribution in [0.15, 0.2) is 10.7 Å². The number of carbonyl (C=O) groups excluding carboxylic acids is 1. The van der Waals surface area contributed by atoms with Crippen LogP contribution in [0.4, 0.5) is 0 Å². The van der Waals surface area contributed by atoms with Gasteiger partial charge in [0.05, 0.1) is 0 Å². The van der Waals surface area contributed by atoms with Gasteiger partial charge in [0.25, 0.3) is 0 Å². The summed E-state index contributed by atoms with van der Waals surface area (Å²) in [6.45, 7) is 1.98. The third kappa shape index (κ3) is 2.80. The predicted molar refractivity (Wildman–Crippen MR) is 53.3 cm³/mol. The van der Waals surface area contributed by atoms with E-state index in [9.17, 15) is 4.79 Å². The van der Waals surface area contributed by atoms with Crippen LogP contribution in [0.2, 0.25) is 0 Å². The summed E-state index contributed by atoms with van der Waals surface area (Å²) in [6.07, 6.45) is 1.39. The molecule has 2 rings (SSSR count). The Morgan fingerprint density at radius 2 is 2.47 bits per heavy atom. The van der Waals surface area contributed by atoms with Gasteiger partial charge in [0.2, 0.25) is 5.12 Å². The molecule has 0 fully saturated rings. The molecular formula is C6H6N6OS2. The first kappa shape index (κ1) is 10.2. The molecule has 0 saturated carbocycles. The van der Waals surface area contributed by atoms with Crippen LogP contribution in [0, 0.1) is 6.92 Å². The van der Waals surface area contributed by atoms with Crippen molar-refractivity contribution < 1.29 is 4.79 Å². The second kappa shape index (κ2) is 4.45. The van der Waals surface area contributed by atoms with Crippen LogP contribution in [0.5, 0.6) is 0 Å². The highest BCUT2D eigenvalue weighted by atomic mass is 32.2. The molecule has 78 valence electrons. The number of thioether (sulfide) groups is 1. The van der Waals surface area contributed by atoms with Gasteiger partial charge in [-0.15, -0.1) is 15.3 Å². The molecule has 0 atom stereocenters. The van der Waals surface area contributed by atoms with E-state index >= 15 is 0 Å². The van der Waals surface area contributed by atoms with Crippen LogP contribution < -0.4 is 0 Å². The van der Waals surface area contributed by atoms with Crippen molar-refractivity contribution in [2.45, 2.75) is 17.8 Å². The zero-order valence-corrected chi connectivity index (χ0v) is 9.33. The van der Waals surface area contributed by atoms with Crippen LogP contribution >= 0.6 is 23.1 Å². The summed E-state index contributed by atoms with van der Waals surface area (Å²) in [5.74, 6) is 0. The maximum Gasteiger partial charge on any atom is 0.217 e. The first-order valence-corrected chi connectivity index (χ1v) is 5.59. The molecule has 9 heteroatoms. The quantitative estimate of drug-likeness (QED) is 0.708. The minimum atomic E-state index is -0.0709. The second-order valence-corrected chi connectivity index (χ2v) is 5.05. The summed E-state index contributed by atoms with van der Waals surface area (Å²) in [7, 11) is 0. The van der Waals surface area contributed by atoms with Gasteiger partial charge in [-0.25, -0.2) is 4.68 Å². The van der Waals surface area contributed by atoms with Crippen molar-refractivity contribution in [3.8, 4) is 0 Å². The van der Waals surface area contributed by atoms with Crippen molar-refractivity contribution in [1.29, 1.82) is 0 Å². The molecule has 0 bridgehead atoms. The Bertz CT molecular complexity index is 452. The lowest BCUT2D eigenvalue weighted by molar-refractivity contribution is -0.111. The van der Waals surface area contributed by atoms with Gasteiger partial charge in [0.1, 0.15) is 17.9 Å². The number of hydrogen-bond donors (Lipinski definition) is 0. The summed E-state index contributed by atoms with van der Waals surface area (Å²) in [6, 6.07) is 0. The Labute approximate surface area is 92.9 Å². The fraction of sp³-hybridized carbons (Fsp3) is 0.333. The topological polar surface area (TPSA) is 86.5 Å². The molecule has 0 aliphatic rings. The van der Waals surface area contributed by atoms with Crippen LogP contribution in [-0.2, 0) is 11.3 Å². The molecule has 15 heavy (non-hydrogen) atoms. The van der Waals surface area contributed by atoms with Crippen LogP contribution in [0.3, 0.4) is 0 Å². The van der Waals surface area contributed by atoms with E-state index < -0.39 is 0 Å². The van der Waals surface area contributed by atoms with Crippen LogP contribution in [0.1, 0.15) is 5.01 Å². The third-order valence-electron chi connectivity index (χ3n) is 1.39. The Kier molecular flexibility index (Phi) is 3.02. The Balaban J connectivity index is 1.93. The fourth-order valence-corrected chi connectivity index (χ4v) is 2.53. The molecule has 2 aromatic heterocycles. The summed E-state index contributed by atoms with van der Waals surface area (Å²) in [5.41, 5.74) is 0. The lowest BCUT2D eigenvalue weighted by Gasteiger charge is -1.94. The van der Waals surface area contributed by atoms with E-state index in [1.54, 1.807) is 0 Å². The summed E-state index contributed by atoms with van der Waals surface area (Å²) in [5, 5.41) is 18.9. The summed E-state index contributed by atoms with van der Waals surface area (Å²) >= 11 is 2.44. The van der Waals surface area contributed by atoms with Crippen molar-refractivity contribution in [2.75, 3.05) is 0 Å². The van der Waals surface area contributed by atoms with Gasteiger partial charge in [0, 0.05) is 0 Å². The van der Waals surface area contributed by atoms with Gasteiger partial charge >= 0.3 is 0 Å². The van der Waals surface area contributed by atoms with E-state index in [1.165, 1.54) is 22.3 Å². The number of aryl methyl sites for hydroxylation is 1. The highest BCUT2D eigenvalue weighted by molar-refractivity contribution is 8.14. The highest BCUT2D eigenvalue weighted by Crippen LogP contribution is 2.22. The van der Waals surface area contributed by atoms with Crippen molar-refractivity contribution in [3.05, 3.63) is 11.3 Å². The maximum atomic E-state index is 11.5. The Morgan fingerprint density at radius 1 is 1.60 bits per heavy atom. The van der Waals surface area contributed by atoms with E-state index in [4.69, 9.17) is 0 Å². The smallest absolute Gasteiger partial charge is 0.217 e. The van der Waals surface area contributed by atoms with Crippen molar-refractivity contribution in [1.82, 2.24) is 30.4 Å². The first-order valence-electron chi connectivity index (χ1n) is 3.95. The van der Waals surface area contributed by atoms with E-state index in [2.05, 4.69) is 25.7 Å². The number of rotatable bonds is 3. The standard InChI is InChI=1S/C6H6N6OS2/c1-4-8-9-6(14-4)15-5(13)2-12-3-7-10-11-12/h3H,2H2,1H3. The fourth-order valence-electron chi connectivity index (χ4n) is 0.834. The van der Waals surface area contributed by atoms with Crippen LogP contribution in [-0.4, -0.2) is 35.5 Å². The number of aromatic nitrogens is 6. The average Bonchev–Trinajstić information content (AvgIpc) is 2.77. The van der Waals surface area contributed by atoms with Crippen molar-refractivity contribution >= 4 is 28.2 Å². The van der Waals surface area contributed by atoms with Gasteiger partial charge in [-0.3, -0.25) is 4.79 Å². The third-order valence-corrected chi connectivity index (χ3v) is 3.14. The van der Waals surface area contributed by atoms with Crippen molar-refractivity contribution in [3.63, 3.8) is 0 Å². The first-order chi connectivity index (χ1) is 7.24. The molecule has 0 aliphatic carbocycles. The van der Waals surface area contributed by atoms with Crippen molar-refractivity contribution in [2.24, 2.45) is 0 Å². The molecule has 0 aliphatic heterocycles. The normalized spacial score (nSPS) is 10.5. The number of nitrogens with zero attached hydrogens (tertiary/aromatic N) is 6. The zero-order valence-electron chi connectivity index (χ0n) is 7.69. The lowest BCUT2D eigenvalue weighted by Crippen LogP contribution is -2.07. The molecule has 0 N–H and O–H groups in total. The minimum absolute atomic E-state index is 0.0709. The van der Waals surface area contributed by atoms with Gasteiger partial charge in [0.15, 0.2) is 4.34 Å². The molecule has 0 aromatic carbocycles. The molecule has 0 radical (unpaired) electrons. The minimum Gasteiger partial charge on any atom is -0.285 e. The molecule has 0 spiro atoms. The SMILES string of the molecule is Cc1nnc(SC(=O)Cn2cnnn2)s1. The Morgan fingerprint density at radius 3 is 3.07 bits per heavy atom. The van der Waals surface area contributed by atoms with Gasteiger partial charge in [-0.2, -0.15) is 0 Å². The molecule has 7 nitrogen and oxygen atoms in total. The second-order valence-electron chi connectivity index (χ2n) is 2.57. The molecular weight excluding hydrogens is 236 g/mol.